The molecule has 0 aliphatic heterocycles. The Labute approximate surface area is 118 Å². The van der Waals surface area contributed by atoms with E-state index in [1.807, 2.05) is 18.4 Å². The average Bonchev–Trinajstić information content (AvgIpc) is 2.34. The van der Waals surface area contributed by atoms with Gasteiger partial charge in [-0.15, -0.1) is 0 Å². The predicted octanol–water partition coefficient (Wildman–Crippen LogP) is 1.51. The van der Waals surface area contributed by atoms with Gasteiger partial charge in [0.05, 0.1) is 5.60 Å². The maximum atomic E-state index is 11.6. The zero-order chi connectivity index (χ0) is 14.3. The Kier molecular flexibility index (Phi) is 5.92. The number of rotatable bonds is 6. The summed E-state index contributed by atoms with van der Waals surface area (Å²) in [7, 11) is 0. The predicted molar refractivity (Wildman–Crippen MR) is 81.9 cm³/mol. The zero-order valence-corrected chi connectivity index (χ0v) is 12.0. The third-order valence-corrected chi connectivity index (χ3v) is 3.35. The van der Waals surface area contributed by atoms with Crippen LogP contribution in [0.1, 0.15) is 12.5 Å². The number of carbonyl (C=O) groups is 1. The maximum absolute atomic E-state index is 11.6. The molecule has 1 atom stereocenters. The van der Waals surface area contributed by atoms with E-state index in [1.54, 1.807) is 25.1 Å². The van der Waals surface area contributed by atoms with Crippen LogP contribution in [0.15, 0.2) is 30.3 Å². The van der Waals surface area contributed by atoms with Crippen molar-refractivity contribution in [1.82, 2.24) is 5.32 Å². The van der Waals surface area contributed by atoms with Crippen LogP contribution < -0.4 is 11.1 Å². The van der Waals surface area contributed by atoms with E-state index in [-0.39, 0.29) is 12.5 Å². The van der Waals surface area contributed by atoms with E-state index >= 15 is 0 Å². The largest absolute Gasteiger partial charge is 0.399 e. The Balaban J connectivity index is 2.47. The molecule has 5 heteroatoms. The number of nitrogens with one attached hydrogen (secondary N) is 1. The lowest BCUT2D eigenvalue weighted by Crippen LogP contribution is -2.41. The van der Waals surface area contributed by atoms with Gasteiger partial charge in [0.2, 0.25) is 5.91 Å². The highest BCUT2D eigenvalue weighted by Gasteiger charge is 2.19. The molecule has 0 aromatic heterocycles. The first-order valence-corrected chi connectivity index (χ1v) is 7.35. The van der Waals surface area contributed by atoms with Gasteiger partial charge in [0.1, 0.15) is 0 Å². The molecule has 1 unspecified atom stereocenters. The van der Waals surface area contributed by atoms with Crippen LogP contribution in [0.3, 0.4) is 0 Å². The summed E-state index contributed by atoms with van der Waals surface area (Å²) < 4.78 is 0. The second-order valence-electron chi connectivity index (χ2n) is 4.65. The molecule has 0 bridgehead atoms. The number of anilines is 1. The van der Waals surface area contributed by atoms with Gasteiger partial charge in [0.15, 0.2) is 0 Å². The molecule has 1 rings (SSSR count). The minimum Gasteiger partial charge on any atom is -0.399 e. The first kappa shape index (κ1) is 15.6. The summed E-state index contributed by atoms with van der Waals surface area (Å²) >= 11 is 1.54. The van der Waals surface area contributed by atoms with Gasteiger partial charge in [-0.2, -0.15) is 11.8 Å². The SMILES string of the molecule is CSCC(C)(O)CNC(=O)/C=C/c1cccc(N)c1. The first-order valence-electron chi connectivity index (χ1n) is 5.96. The van der Waals surface area contributed by atoms with E-state index in [9.17, 15) is 9.90 Å². The summed E-state index contributed by atoms with van der Waals surface area (Å²) in [6.07, 6.45) is 5.04. The molecule has 104 valence electrons. The fourth-order valence-corrected chi connectivity index (χ4v) is 2.26. The number of amides is 1. The molecular formula is C14H20N2O2S. The molecule has 0 saturated heterocycles. The number of benzene rings is 1. The zero-order valence-electron chi connectivity index (χ0n) is 11.2. The molecule has 0 spiro atoms. The number of hydrogen-bond acceptors (Lipinski definition) is 4. The number of thioether (sulfide) groups is 1. The number of carbonyl (C=O) groups excluding carboxylic acids is 1. The summed E-state index contributed by atoms with van der Waals surface area (Å²) in [6, 6.07) is 7.27. The van der Waals surface area contributed by atoms with Gasteiger partial charge in [-0.25, -0.2) is 0 Å². The van der Waals surface area contributed by atoms with Crippen molar-refractivity contribution in [2.75, 3.05) is 24.3 Å². The molecule has 1 amide bonds. The fourth-order valence-electron chi connectivity index (χ4n) is 1.53. The van der Waals surface area contributed by atoms with Gasteiger partial charge in [-0.1, -0.05) is 12.1 Å². The molecule has 1 aromatic rings. The fraction of sp³-hybridized carbons (Fsp3) is 0.357. The quantitative estimate of drug-likeness (QED) is 0.545. The van der Waals surface area contributed by atoms with Gasteiger partial charge in [-0.3, -0.25) is 4.79 Å². The Bertz CT molecular complexity index is 459. The lowest BCUT2D eigenvalue weighted by molar-refractivity contribution is -0.117. The Hall–Kier alpha value is -1.46. The molecule has 0 heterocycles. The summed E-state index contributed by atoms with van der Waals surface area (Å²) in [5, 5.41) is 12.6. The molecule has 0 fully saturated rings. The standard InChI is InChI=1S/C14H20N2O2S/c1-14(18,10-19-2)9-16-13(17)7-6-11-4-3-5-12(15)8-11/h3-8,18H,9-10,15H2,1-2H3,(H,16,17)/b7-6+. The smallest absolute Gasteiger partial charge is 0.244 e. The van der Waals surface area contributed by atoms with Crippen molar-refractivity contribution in [2.24, 2.45) is 0 Å². The van der Waals surface area contributed by atoms with Crippen LogP contribution in [0, 0.1) is 0 Å². The van der Waals surface area contributed by atoms with E-state index in [0.717, 1.165) is 5.56 Å². The van der Waals surface area contributed by atoms with Crippen molar-refractivity contribution in [2.45, 2.75) is 12.5 Å². The van der Waals surface area contributed by atoms with Gasteiger partial charge < -0.3 is 16.2 Å². The first-order chi connectivity index (χ1) is 8.93. The highest BCUT2D eigenvalue weighted by atomic mass is 32.2. The van der Waals surface area contributed by atoms with Crippen LogP contribution in [0.4, 0.5) is 5.69 Å². The van der Waals surface area contributed by atoms with Gasteiger partial charge >= 0.3 is 0 Å². The van der Waals surface area contributed by atoms with Crippen LogP contribution in [0.2, 0.25) is 0 Å². The van der Waals surface area contributed by atoms with E-state index in [0.29, 0.717) is 11.4 Å². The number of hydrogen-bond donors (Lipinski definition) is 3. The van der Waals surface area contributed by atoms with E-state index < -0.39 is 5.60 Å². The van der Waals surface area contributed by atoms with Gasteiger partial charge in [-0.05, 0) is 37.0 Å². The molecule has 19 heavy (non-hydrogen) atoms. The Morgan fingerprint density at radius 3 is 2.95 bits per heavy atom. The second kappa shape index (κ2) is 7.21. The van der Waals surface area contributed by atoms with Crippen LogP contribution in [-0.4, -0.2) is 35.2 Å². The average molecular weight is 280 g/mol. The monoisotopic (exact) mass is 280 g/mol. The van der Waals surface area contributed by atoms with Crippen molar-refractivity contribution < 1.29 is 9.90 Å². The van der Waals surface area contributed by atoms with Crippen LogP contribution in [0.5, 0.6) is 0 Å². The second-order valence-corrected chi connectivity index (χ2v) is 5.52. The molecule has 0 saturated carbocycles. The molecule has 4 N–H and O–H groups in total. The number of nitrogen functional groups attached to an aromatic ring is 1. The topological polar surface area (TPSA) is 75.3 Å². The summed E-state index contributed by atoms with van der Waals surface area (Å²) in [4.78, 5) is 11.6. The summed E-state index contributed by atoms with van der Waals surface area (Å²) in [6.45, 7) is 1.93. The van der Waals surface area contributed by atoms with Crippen molar-refractivity contribution in [1.29, 1.82) is 0 Å². The van der Waals surface area contributed by atoms with Crippen LogP contribution in [0.25, 0.3) is 6.08 Å². The molecule has 0 aliphatic carbocycles. The van der Waals surface area contributed by atoms with Crippen molar-refractivity contribution in [3.63, 3.8) is 0 Å². The lowest BCUT2D eigenvalue weighted by Gasteiger charge is -2.21. The van der Waals surface area contributed by atoms with E-state index in [1.165, 1.54) is 17.8 Å². The third-order valence-electron chi connectivity index (χ3n) is 2.44. The van der Waals surface area contributed by atoms with E-state index in [2.05, 4.69) is 5.32 Å². The highest BCUT2D eigenvalue weighted by Crippen LogP contribution is 2.09. The van der Waals surface area contributed by atoms with Crippen LogP contribution in [-0.2, 0) is 4.79 Å². The maximum Gasteiger partial charge on any atom is 0.244 e. The van der Waals surface area contributed by atoms with Crippen LogP contribution >= 0.6 is 11.8 Å². The molecule has 0 aliphatic rings. The van der Waals surface area contributed by atoms with E-state index in [4.69, 9.17) is 5.73 Å². The molecule has 4 nitrogen and oxygen atoms in total. The highest BCUT2D eigenvalue weighted by molar-refractivity contribution is 7.98. The van der Waals surface area contributed by atoms with Gasteiger partial charge in [0.25, 0.3) is 0 Å². The van der Waals surface area contributed by atoms with Crippen molar-refractivity contribution in [3.8, 4) is 0 Å². The van der Waals surface area contributed by atoms with Crippen molar-refractivity contribution >= 4 is 29.4 Å². The van der Waals surface area contributed by atoms with Crippen molar-refractivity contribution in [3.05, 3.63) is 35.9 Å². The summed E-state index contributed by atoms with van der Waals surface area (Å²) in [5.74, 6) is 0.343. The number of nitrogens with two attached hydrogens (primary N) is 1. The Morgan fingerprint density at radius 2 is 2.32 bits per heavy atom. The third kappa shape index (κ3) is 6.31. The molecule has 0 radical (unpaired) electrons. The lowest BCUT2D eigenvalue weighted by atomic mass is 10.1. The van der Waals surface area contributed by atoms with Gasteiger partial charge in [0, 0.05) is 24.1 Å². The normalized spacial score (nSPS) is 14.3. The number of aliphatic hydroxyl groups is 1. The summed E-state index contributed by atoms with van der Waals surface area (Å²) in [5.41, 5.74) is 6.28. The Morgan fingerprint density at radius 1 is 1.58 bits per heavy atom. The minimum absolute atomic E-state index is 0.230. The molecule has 1 aromatic carbocycles. The minimum atomic E-state index is -0.889. The molecular weight excluding hydrogens is 260 g/mol.